The summed E-state index contributed by atoms with van der Waals surface area (Å²) in [6.07, 6.45) is -5.33. The molecule has 1 aromatic heterocycles. The molecule has 3 atom stereocenters. The standard InChI is InChI=1S/C22H18ClF3N2O4S2/c1-2-32-16(29)11-34-20-13(10-27)17(12-6-3-4-7-14(12)23)18(19(30)15-8-5-9-33-15)21(31,28-20)22(24,25)26/h3-9,17-18,28,31H,2,11H2,1H3/t17-,18+,21-/m0/s1. The summed E-state index contributed by atoms with van der Waals surface area (Å²) in [5.41, 5.74) is -3.95. The molecule has 0 fully saturated rings. The number of alkyl halides is 3. The summed E-state index contributed by atoms with van der Waals surface area (Å²) >= 11 is 7.78. The molecule has 1 aliphatic rings. The third-order valence-electron chi connectivity index (χ3n) is 5.12. The fourth-order valence-corrected chi connectivity index (χ4v) is 5.52. The molecule has 3 rings (SSSR count). The van der Waals surface area contributed by atoms with Gasteiger partial charge in [0.15, 0.2) is 5.78 Å². The Hall–Kier alpha value is -2.52. The summed E-state index contributed by atoms with van der Waals surface area (Å²) in [6, 6.07) is 10.6. The predicted octanol–water partition coefficient (Wildman–Crippen LogP) is 4.87. The molecule has 180 valence electrons. The molecular weight excluding hydrogens is 513 g/mol. The van der Waals surface area contributed by atoms with Crippen LogP contribution >= 0.6 is 34.7 Å². The zero-order valence-electron chi connectivity index (χ0n) is 17.6. The molecule has 1 aliphatic heterocycles. The Morgan fingerprint density at radius 2 is 2.03 bits per heavy atom. The zero-order valence-corrected chi connectivity index (χ0v) is 19.9. The molecule has 0 unspecified atom stereocenters. The second kappa shape index (κ2) is 10.4. The number of nitrogens with zero attached hydrogens (tertiary/aromatic N) is 1. The third kappa shape index (κ3) is 4.95. The highest BCUT2D eigenvalue weighted by Gasteiger charge is 2.66. The lowest BCUT2D eigenvalue weighted by Gasteiger charge is -2.45. The summed E-state index contributed by atoms with van der Waals surface area (Å²) in [6.45, 7) is 1.63. The van der Waals surface area contributed by atoms with Crippen LogP contribution in [0.15, 0.2) is 52.4 Å². The van der Waals surface area contributed by atoms with Crippen molar-refractivity contribution in [3.63, 3.8) is 0 Å². The lowest BCUT2D eigenvalue weighted by Crippen LogP contribution is -2.66. The highest BCUT2D eigenvalue weighted by Crippen LogP contribution is 2.52. The largest absolute Gasteiger partial charge is 0.465 e. The Labute approximate surface area is 206 Å². The fourth-order valence-electron chi connectivity index (χ4n) is 3.66. The summed E-state index contributed by atoms with van der Waals surface area (Å²) in [7, 11) is 0. The van der Waals surface area contributed by atoms with E-state index in [1.54, 1.807) is 13.0 Å². The first kappa shape index (κ1) is 26.1. The molecule has 1 aromatic carbocycles. The number of nitrogens with one attached hydrogen (secondary N) is 1. The van der Waals surface area contributed by atoms with Crippen molar-refractivity contribution >= 4 is 46.5 Å². The molecule has 0 radical (unpaired) electrons. The number of carbonyl (C=O) groups is 2. The smallest absolute Gasteiger partial charge is 0.437 e. The van der Waals surface area contributed by atoms with Crippen LogP contribution in [-0.4, -0.2) is 41.1 Å². The summed E-state index contributed by atoms with van der Waals surface area (Å²) in [5.74, 6) is -5.87. The van der Waals surface area contributed by atoms with Crippen LogP contribution in [-0.2, 0) is 9.53 Å². The van der Waals surface area contributed by atoms with Crippen molar-refractivity contribution in [1.82, 2.24) is 5.32 Å². The number of thioether (sulfide) groups is 1. The van der Waals surface area contributed by atoms with Crippen LogP contribution in [0, 0.1) is 17.2 Å². The molecule has 34 heavy (non-hydrogen) atoms. The summed E-state index contributed by atoms with van der Waals surface area (Å²) < 4.78 is 48.0. The molecule has 0 spiro atoms. The van der Waals surface area contributed by atoms with Gasteiger partial charge >= 0.3 is 12.1 Å². The van der Waals surface area contributed by atoms with Gasteiger partial charge in [-0.2, -0.15) is 18.4 Å². The number of Topliss-reactive ketones (excluding diaryl/α,β-unsaturated/α-hetero) is 1. The van der Waals surface area contributed by atoms with Crippen molar-refractivity contribution in [2.45, 2.75) is 24.7 Å². The molecule has 0 amide bonds. The van der Waals surface area contributed by atoms with Crippen molar-refractivity contribution in [3.8, 4) is 6.07 Å². The molecule has 2 aromatic rings. The zero-order chi connectivity index (χ0) is 25.1. The summed E-state index contributed by atoms with van der Waals surface area (Å²) in [4.78, 5) is 25.2. The second-order valence-corrected chi connectivity index (χ2v) is 9.50. The normalized spacial score (nSPS) is 22.6. The van der Waals surface area contributed by atoms with Crippen LogP contribution in [0.3, 0.4) is 0 Å². The van der Waals surface area contributed by atoms with Gasteiger partial charge in [-0.3, -0.25) is 9.59 Å². The van der Waals surface area contributed by atoms with Gasteiger partial charge in [-0.25, -0.2) is 0 Å². The lowest BCUT2D eigenvalue weighted by molar-refractivity contribution is -0.285. The third-order valence-corrected chi connectivity index (χ3v) is 7.34. The van der Waals surface area contributed by atoms with Crippen LogP contribution < -0.4 is 5.32 Å². The van der Waals surface area contributed by atoms with E-state index in [4.69, 9.17) is 16.3 Å². The van der Waals surface area contributed by atoms with Crippen LogP contribution in [0.25, 0.3) is 0 Å². The van der Waals surface area contributed by atoms with Crippen LogP contribution in [0.2, 0.25) is 5.02 Å². The maximum Gasteiger partial charge on any atom is 0.437 e. The summed E-state index contributed by atoms with van der Waals surface area (Å²) in [5, 5.41) is 24.1. The number of allylic oxidation sites excluding steroid dienone is 1. The van der Waals surface area contributed by atoms with Crippen molar-refractivity contribution in [2.75, 3.05) is 12.4 Å². The second-order valence-electron chi connectivity index (χ2n) is 7.16. The van der Waals surface area contributed by atoms with E-state index in [0.29, 0.717) is 11.8 Å². The number of rotatable bonds is 7. The average molecular weight is 531 g/mol. The molecule has 12 heteroatoms. The van der Waals surface area contributed by atoms with Gasteiger partial charge in [0, 0.05) is 10.9 Å². The predicted molar refractivity (Wildman–Crippen MR) is 122 cm³/mol. The Morgan fingerprint density at radius 3 is 2.59 bits per heavy atom. The SMILES string of the molecule is CCOC(=O)CSC1=C(C#N)[C@H](c2ccccc2Cl)[C@H](C(=O)c2cccs2)[C@](O)(C(F)(F)F)N1. The molecule has 2 heterocycles. The molecular formula is C22H18ClF3N2O4S2. The lowest BCUT2D eigenvalue weighted by atomic mass is 9.70. The molecule has 0 saturated heterocycles. The highest BCUT2D eigenvalue weighted by atomic mass is 35.5. The van der Waals surface area contributed by atoms with Gasteiger partial charge in [-0.15, -0.1) is 11.3 Å². The van der Waals surface area contributed by atoms with Gasteiger partial charge in [0.05, 0.1) is 39.8 Å². The number of carbonyl (C=O) groups excluding carboxylic acids is 2. The minimum Gasteiger partial charge on any atom is -0.465 e. The van der Waals surface area contributed by atoms with Crippen LogP contribution in [0.1, 0.15) is 28.1 Å². The van der Waals surface area contributed by atoms with E-state index >= 15 is 0 Å². The number of thiophene rings is 1. The minimum atomic E-state index is -5.33. The molecule has 0 saturated carbocycles. The Kier molecular flexibility index (Phi) is 7.98. The first-order chi connectivity index (χ1) is 16.0. The molecule has 0 bridgehead atoms. The monoisotopic (exact) mass is 530 g/mol. The van der Waals surface area contributed by atoms with E-state index in [-0.39, 0.29) is 27.6 Å². The van der Waals surface area contributed by atoms with Gasteiger partial charge in [0.2, 0.25) is 5.72 Å². The number of benzene rings is 1. The fraction of sp³-hybridized carbons (Fsp3) is 0.318. The molecule has 6 nitrogen and oxygen atoms in total. The van der Waals surface area contributed by atoms with Gasteiger partial charge in [-0.05, 0) is 30.0 Å². The number of hydrogen-bond donors (Lipinski definition) is 2. The van der Waals surface area contributed by atoms with Gasteiger partial charge < -0.3 is 15.2 Å². The number of hydrogen-bond acceptors (Lipinski definition) is 8. The van der Waals surface area contributed by atoms with E-state index < -0.39 is 46.3 Å². The molecule has 2 N–H and O–H groups in total. The van der Waals surface area contributed by atoms with Gasteiger partial charge in [0.25, 0.3) is 0 Å². The Balaban J connectivity index is 2.26. The van der Waals surface area contributed by atoms with Crippen molar-refractivity contribution < 1.29 is 32.6 Å². The topological polar surface area (TPSA) is 99.4 Å². The Morgan fingerprint density at radius 1 is 1.32 bits per heavy atom. The number of ether oxygens (including phenoxy) is 1. The van der Waals surface area contributed by atoms with E-state index in [1.165, 1.54) is 35.7 Å². The number of esters is 1. The van der Waals surface area contributed by atoms with E-state index in [0.717, 1.165) is 11.3 Å². The van der Waals surface area contributed by atoms with Crippen LogP contribution in [0.5, 0.6) is 0 Å². The number of ketones is 1. The van der Waals surface area contributed by atoms with E-state index in [2.05, 4.69) is 0 Å². The number of nitriles is 1. The Bertz CT molecular complexity index is 1150. The minimum absolute atomic E-state index is 0.0189. The number of aliphatic hydroxyl groups is 1. The van der Waals surface area contributed by atoms with Crippen molar-refractivity contribution in [1.29, 1.82) is 5.26 Å². The van der Waals surface area contributed by atoms with E-state index in [1.807, 2.05) is 11.4 Å². The van der Waals surface area contributed by atoms with E-state index in [9.17, 15) is 33.1 Å². The number of halogens is 4. The maximum absolute atomic E-state index is 14.4. The van der Waals surface area contributed by atoms with Crippen molar-refractivity contribution in [3.05, 3.63) is 67.8 Å². The average Bonchev–Trinajstić information content (AvgIpc) is 3.32. The first-order valence-electron chi connectivity index (χ1n) is 9.87. The van der Waals surface area contributed by atoms with Gasteiger partial charge in [-0.1, -0.05) is 47.6 Å². The van der Waals surface area contributed by atoms with Crippen LogP contribution in [0.4, 0.5) is 13.2 Å². The van der Waals surface area contributed by atoms with Gasteiger partial charge in [0.1, 0.15) is 0 Å². The first-order valence-corrected chi connectivity index (χ1v) is 12.1. The maximum atomic E-state index is 14.4. The quantitative estimate of drug-likeness (QED) is 0.389. The highest BCUT2D eigenvalue weighted by molar-refractivity contribution is 8.03. The van der Waals surface area contributed by atoms with Crippen molar-refractivity contribution in [2.24, 2.45) is 5.92 Å². The molecule has 0 aliphatic carbocycles.